The Kier molecular flexibility index (Phi) is 3.34. The van der Waals surface area contributed by atoms with Gasteiger partial charge in [-0.1, -0.05) is 0 Å². The molecule has 1 aromatic rings. The van der Waals surface area contributed by atoms with E-state index in [1.807, 2.05) is 0 Å². The summed E-state index contributed by atoms with van der Waals surface area (Å²) in [5, 5.41) is 0. The Bertz CT molecular complexity index is 424. The van der Waals surface area contributed by atoms with Crippen molar-refractivity contribution >= 4 is 17.2 Å². The lowest BCUT2D eigenvalue weighted by Gasteiger charge is -2.41. The van der Waals surface area contributed by atoms with Crippen LogP contribution in [0, 0.1) is 0 Å². The number of nitrogen functional groups attached to an aromatic ring is 2. The molecule has 1 aliphatic heterocycles. The van der Waals surface area contributed by atoms with Crippen LogP contribution in [0.3, 0.4) is 0 Å². The highest BCUT2D eigenvalue weighted by Crippen LogP contribution is 2.27. The van der Waals surface area contributed by atoms with Crippen LogP contribution in [0.5, 0.6) is 0 Å². The van der Waals surface area contributed by atoms with Crippen molar-refractivity contribution in [2.24, 2.45) is 0 Å². The molecule has 0 amide bonds. The zero-order valence-corrected chi connectivity index (χ0v) is 11.6. The van der Waals surface area contributed by atoms with E-state index in [-0.39, 0.29) is 0 Å². The van der Waals surface area contributed by atoms with E-state index in [4.69, 9.17) is 11.5 Å². The number of likely N-dealkylation sites (N-methyl/N-ethyl adjacent to an activating group) is 1. The maximum atomic E-state index is 6.02. The smallest absolute Gasteiger partial charge is 0.152 e. The third kappa shape index (κ3) is 2.67. The molecule has 0 bridgehead atoms. The van der Waals surface area contributed by atoms with E-state index in [9.17, 15) is 0 Å². The number of nitrogens with two attached hydrogens (primary N) is 2. The topological polar surface area (TPSA) is 68.2 Å². The Hall–Kier alpha value is -1.49. The molecule has 4 N–H and O–H groups in total. The van der Waals surface area contributed by atoms with Crippen molar-refractivity contribution in [3.8, 4) is 0 Å². The van der Waals surface area contributed by atoms with Crippen LogP contribution in [0.2, 0.25) is 0 Å². The molecule has 5 nitrogen and oxygen atoms in total. The summed E-state index contributed by atoms with van der Waals surface area (Å²) in [5.41, 5.74) is 13.0. The van der Waals surface area contributed by atoms with Gasteiger partial charge in [0.1, 0.15) is 6.04 Å². The molecule has 1 unspecified atom stereocenters. The summed E-state index contributed by atoms with van der Waals surface area (Å²) < 4.78 is 0.978. The minimum atomic E-state index is 0.622. The van der Waals surface area contributed by atoms with Crippen LogP contribution in [0.1, 0.15) is 12.8 Å². The number of hydrogen-bond donors (Lipinski definition) is 2. The summed E-state index contributed by atoms with van der Waals surface area (Å²) in [6.07, 6.45) is 4.13. The molecule has 1 fully saturated rings. The Labute approximate surface area is 109 Å². The zero-order chi connectivity index (χ0) is 13.3. The van der Waals surface area contributed by atoms with E-state index in [1.165, 1.54) is 12.8 Å². The lowest BCUT2D eigenvalue weighted by Crippen LogP contribution is -2.54. The Morgan fingerprint density at radius 1 is 1.33 bits per heavy atom. The molecular formula is C13H24N5+. The summed E-state index contributed by atoms with van der Waals surface area (Å²) in [5.74, 6) is 0.877. The van der Waals surface area contributed by atoms with Gasteiger partial charge in [0.2, 0.25) is 0 Å². The number of anilines is 3. The van der Waals surface area contributed by atoms with Crippen molar-refractivity contribution in [3.63, 3.8) is 0 Å². The highest BCUT2D eigenvalue weighted by molar-refractivity contribution is 5.67. The summed E-state index contributed by atoms with van der Waals surface area (Å²) >= 11 is 0. The van der Waals surface area contributed by atoms with Gasteiger partial charge < -0.3 is 20.9 Å². The van der Waals surface area contributed by atoms with Gasteiger partial charge in [0.05, 0.1) is 45.3 Å². The standard InChI is InChI=1S/C13H24N5/c1-18(2,3)11-5-4-6-17(9-11)13-12(15)7-10(14)8-16-13/h7-8,11H,4-6,9,14-15H2,1-3H3/q+1. The van der Waals surface area contributed by atoms with Crippen LogP contribution in [0.15, 0.2) is 12.3 Å². The quantitative estimate of drug-likeness (QED) is 0.766. The van der Waals surface area contributed by atoms with Gasteiger partial charge in [0, 0.05) is 13.0 Å². The first-order valence-corrected chi connectivity index (χ1v) is 6.45. The predicted molar refractivity (Wildman–Crippen MR) is 76.3 cm³/mol. The van der Waals surface area contributed by atoms with Gasteiger partial charge in [0.15, 0.2) is 5.82 Å². The largest absolute Gasteiger partial charge is 0.397 e. The number of rotatable bonds is 2. The lowest BCUT2D eigenvalue weighted by molar-refractivity contribution is -0.895. The molecule has 0 aliphatic carbocycles. The summed E-state index contributed by atoms with van der Waals surface area (Å²) in [4.78, 5) is 6.67. The average molecular weight is 250 g/mol. The third-order valence-corrected chi connectivity index (χ3v) is 3.71. The van der Waals surface area contributed by atoms with Crippen LogP contribution >= 0.6 is 0 Å². The van der Waals surface area contributed by atoms with E-state index < -0.39 is 0 Å². The average Bonchev–Trinajstić information content (AvgIpc) is 2.28. The van der Waals surface area contributed by atoms with E-state index in [0.29, 0.717) is 17.4 Å². The van der Waals surface area contributed by atoms with E-state index >= 15 is 0 Å². The maximum Gasteiger partial charge on any atom is 0.152 e. The van der Waals surface area contributed by atoms with Crippen LogP contribution < -0.4 is 16.4 Å². The second-order valence-electron chi connectivity index (χ2n) is 6.04. The fourth-order valence-electron chi connectivity index (χ4n) is 2.54. The molecule has 100 valence electrons. The highest BCUT2D eigenvalue weighted by Gasteiger charge is 2.30. The molecule has 0 aromatic carbocycles. The zero-order valence-electron chi connectivity index (χ0n) is 11.6. The lowest BCUT2D eigenvalue weighted by atomic mass is 10.0. The SMILES string of the molecule is C[N+](C)(C)C1CCCN(c2ncc(N)cc2N)C1. The van der Waals surface area contributed by atoms with Gasteiger partial charge in [0.25, 0.3) is 0 Å². The van der Waals surface area contributed by atoms with Crippen LogP contribution in [-0.2, 0) is 0 Å². The monoisotopic (exact) mass is 250 g/mol. The van der Waals surface area contributed by atoms with Crippen molar-refractivity contribution in [3.05, 3.63) is 12.3 Å². The predicted octanol–water partition coefficient (Wildman–Crippen LogP) is 0.921. The maximum absolute atomic E-state index is 6.02. The second kappa shape index (κ2) is 4.65. The van der Waals surface area contributed by atoms with Gasteiger partial charge in [-0.05, 0) is 12.5 Å². The molecule has 1 aromatic heterocycles. The number of quaternary nitrogens is 1. The molecule has 2 heterocycles. The van der Waals surface area contributed by atoms with Gasteiger partial charge >= 0.3 is 0 Å². The fraction of sp³-hybridized carbons (Fsp3) is 0.615. The summed E-state index contributed by atoms with van der Waals surface area (Å²) in [7, 11) is 6.73. The van der Waals surface area contributed by atoms with Crippen molar-refractivity contribution in [1.29, 1.82) is 0 Å². The van der Waals surface area contributed by atoms with Crippen molar-refractivity contribution in [2.75, 3.05) is 50.6 Å². The molecule has 18 heavy (non-hydrogen) atoms. The number of nitrogens with zero attached hydrogens (tertiary/aromatic N) is 3. The molecule has 0 spiro atoms. The molecule has 1 atom stereocenters. The van der Waals surface area contributed by atoms with Gasteiger partial charge in [-0.25, -0.2) is 4.98 Å². The molecule has 5 heteroatoms. The Balaban J connectivity index is 2.18. The van der Waals surface area contributed by atoms with Crippen LogP contribution in [0.4, 0.5) is 17.2 Å². The second-order valence-corrected chi connectivity index (χ2v) is 6.04. The number of hydrogen-bond acceptors (Lipinski definition) is 4. The normalized spacial score (nSPS) is 21.1. The first-order valence-electron chi connectivity index (χ1n) is 6.45. The van der Waals surface area contributed by atoms with Gasteiger partial charge in [-0.15, -0.1) is 0 Å². The summed E-state index contributed by atoms with van der Waals surface area (Å²) in [6, 6.07) is 2.41. The molecule has 0 radical (unpaired) electrons. The van der Waals surface area contributed by atoms with E-state index in [0.717, 1.165) is 23.4 Å². The Morgan fingerprint density at radius 2 is 2.06 bits per heavy atom. The van der Waals surface area contributed by atoms with Gasteiger partial charge in [-0.3, -0.25) is 0 Å². The molecule has 0 saturated carbocycles. The van der Waals surface area contributed by atoms with Crippen LogP contribution in [-0.4, -0.2) is 49.7 Å². The molecule has 1 aliphatic rings. The fourth-order valence-corrected chi connectivity index (χ4v) is 2.54. The van der Waals surface area contributed by atoms with Crippen LogP contribution in [0.25, 0.3) is 0 Å². The minimum absolute atomic E-state index is 0.622. The minimum Gasteiger partial charge on any atom is -0.397 e. The third-order valence-electron chi connectivity index (χ3n) is 3.71. The number of pyridine rings is 1. The first kappa shape index (κ1) is 13.0. The number of piperidine rings is 1. The number of aromatic nitrogens is 1. The highest BCUT2D eigenvalue weighted by atomic mass is 15.3. The molecular weight excluding hydrogens is 226 g/mol. The first-order chi connectivity index (χ1) is 8.38. The van der Waals surface area contributed by atoms with Crippen molar-refractivity contribution < 1.29 is 4.48 Å². The van der Waals surface area contributed by atoms with Crippen molar-refractivity contribution in [1.82, 2.24) is 4.98 Å². The van der Waals surface area contributed by atoms with Crippen molar-refractivity contribution in [2.45, 2.75) is 18.9 Å². The Morgan fingerprint density at radius 3 is 2.67 bits per heavy atom. The van der Waals surface area contributed by atoms with E-state index in [2.05, 4.69) is 31.0 Å². The van der Waals surface area contributed by atoms with E-state index in [1.54, 1.807) is 12.3 Å². The molecule has 2 rings (SSSR count). The summed E-state index contributed by atoms with van der Waals surface area (Å²) in [6.45, 7) is 2.03. The van der Waals surface area contributed by atoms with Gasteiger partial charge in [-0.2, -0.15) is 0 Å². The molecule has 1 saturated heterocycles.